The molecule has 18 heavy (non-hydrogen) atoms. The van der Waals surface area contributed by atoms with E-state index in [-0.39, 0.29) is 5.92 Å². The van der Waals surface area contributed by atoms with Gasteiger partial charge in [-0.1, -0.05) is 38.3 Å². The van der Waals surface area contributed by atoms with E-state index in [9.17, 15) is 13.2 Å². The van der Waals surface area contributed by atoms with Crippen molar-refractivity contribution < 1.29 is 13.2 Å². The zero-order valence-electron chi connectivity index (χ0n) is 10.8. The molecule has 1 aromatic rings. The molecular formula is C15H19F3. The molecule has 0 nitrogen and oxygen atoms in total. The first-order chi connectivity index (χ1) is 8.41. The van der Waals surface area contributed by atoms with Crippen LogP contribution in [-0.4, -0.2) is 0 Å². The molecule has 0 bridgehead atoms. The number of hydrogen-bond acceptors (Lipinski definition) is 0. The van der Waals surface area contributed by atoms with Crippen molar-refractivity contribution >= 4 is 0 Å². The molecule has 0 aromatic heterocycles. The molecule has 3 heteroatoms. The van der Waals surface area contributed by atoms with Crippen LogP contribution >= 0.6 is 0 Å². The Hall–Kier alpha value is -0.990. The van der Waals surface area contributed by atoms with Gasteiger partial charge in [-0.25, -0.2) is 0 Å². The van der Waals surface area contributed by atoms with Gasteiger partial charge >= 0.3 is 6.18 Å². The normalized spacial score (nSPS) is 25.2. The molecule has 2 atom stereocenters. The van der Waals surface area contributed by atoms with E-state index in [1.165, 1.54) is 12.1 Å². The molecule has 0 heterocycles. The van der Waals surface area contributed by atoms with Gasteiger partial charge in [0.2, 0.25) is 0 Å². The minimum absolute atomic E-state index is 0.0663. The van der Waals surface area contributed by atoms with E-state index < -0.39 is 11.7 Å². The van der Waals surface area contributed by atoms with Crippen molar-refractivity contribution in [2.75, 3.05) is 0 Å². The average molecular weight is 256 g/mol. The topological polar surface area (TPSA) is 0 Å². The average Bonchev–Trinajstić information content (AvgIpc) is 2.29. The van der Waals surface area contributed by atoms with E-state index in [0.29, 0.717) is 11.5 Å². The lowest BCUT2D eigenvalue weighted by Crippen LogP contribution is -2.20. The Labute approximate surface area is 106 Å². The molecule has 2 rings (SSSR count). The Morgan fingerprint density at radius 2 is 1.78 bits per heavy atom. The van der Waals surface area contributed by atoms with E-state index in [4.69, 9.17) is 0 Å². The highest BCUT2D eigenvalue weighted by Crippen LogP contribution is 2.44. The second-order valence-corrected chi connectivity index (χ2v) is 5.40. The van der Waals surface area contributed by atoms with Gasteiger partial charge in [-0.15, -0.1) is 0 Å². The van der Waals surface area contributed by atoms with Crippen molar-refractivity contribution in [3.05, 3.63) is 34.9 Å². The lowest BCUT2D eigenvalue weighted by molar-refractivity contribution is -0.138. The Morgan fingerprint density at radius 3 is 2.39 bits per heavy atom. The largest absolute Gasteiger partial charge is 0.416 e. The lowest BCUT2D eigenvalue weighted by Gasteiger charge is -2.32. The molecule has 1 aliphatic rings. The lowest BCUT2D eigenvalue weighted by atomic mass is 9.74. The zero-order chi connectivity index (χ0) is 13.3. The number of alkyl halides is 3. The summed E-state index contributed by atoms with van der Waals surface area (Å²) in [7, 11) is 0. The summed E-state index contributed by atoms with van der Waals surface area (Å²) in [4.78, 5) is 0. The van der Waals surface area contributed by atoms with Crippen molar-refractivity contribution in [1.82, 2.24) is 0 Å². The smallest absolute Gasteiger partial charge is 0.166 e. The molecule has 2 unspecified atom stereocenters. The van der Waals surface area contributed by atoms with Crippen LogP contribution in [-0.2, 0) is 6.18 Å². The maximum Gasteiger partial charge on any atom is 0.416 e. The number of hydrogen-bond donors (Lipinski definition) is 0. The van der Waals surface area contributed by atoms with Crippen LogP contribution in [0.2, 0.25) is 0 Å². The number of benzene rings is 1. The van der Waals surface area contributed by atoms with Gasteiger partial charge in [0.1, 0.15) is 0 Å². The van der Waals surface area contributed by atoms with Crippen LogP contribution in [0.15, 0.2) is 18.2 Å². The highest BCUT2D eigenvalue weighted by molar-refractivity contribution is 5.39. The predicted octanol–water partition coefficient (Wildman–Crippen LogP) is 5.31. The molecular weight excluding hydrogens is 237 g/mol. The molecule has 1 saturated carbocycles. The molecule has 0 N–H and O–H groups in total. The summed E-state index contributed by atoms with van der Waals surface area (Å²) in [5.41, 5.74) is 0.891. The van der Waals surface area contributed by atoms with E-state index in [0.717, 1.165) is 31.2 Å². The fraction of sp³-hybridized carbons (Fsp3) is 0.600. The second kappa shape index (κ2) is 4.94. The first-order valence-electron chi connectivity index (χ1n) is 6.58. The van der Waals surface area contributed by atoms with Gasteiger partial charge in [0.25, 0.3) is 0 Å². The van der Waals surface area contributed by atoms with Crippen molar-refractivity contribution in [1.29, 1.82) is 0 Å². The summed E-state index contributed by atoms with van der Waals surface area (Å²) in [6.45, 7) is 3.88. The van der Waals surface area contributed by atoms with Crippen LogP contribution in [0, 0.1) is 12.8 Å². The van der Waals surface area contributed by atoms with Gasteiger partial charge in [-0.05, 0) is 42.4 Å². The highest BCUT2D eigenvalue weighted by atomic mass is 19.4. The Bertz CT molecular complexity index is 420. The molecule has 0 radical (unpaired) electrons. The van der Waals surface area contributed by atoms with Crippen LogP contribution in [0.3, 0.4) is 0 Å². The van der Waals surface area contributed by atoms with E-state index in [1.807, 2.05) is 0 Å². The predicted molar refractivity (Wildman–Crippen MR) is 66.6 cm³/mol. The third-order valence-electron chi connectivity index (χ3n) is 4.11. The van der Waals surface area contributed by atoms with Crippen LogP contribution in [0.25, 0.3) is 0 Å². The molecule has 0 amide bonds. The van der Waals surface area contributed by atoms with Crippen molar-refractivity contribution in [3.63, 3.8) is 0 Å². The SMILES string of the molecule is Cc1cccc(C(F)(F)F)c1C1CCCCC1C. The van der Waals surface area contributed by atoms with Crippen LogP contribution in [0.4, 0.5) is 13.2 Å². The van der Waals surface area contributed by atoms with Gasteiger partial charge in [0.15, 0.2) is 0 Å². The molecule has 0 aliphatic heterocycles. The van der Waals surface area contributed by atoms with Crippen molar-refractivity contribution in [3.8, 4) is 0 Å². The zero-order valence-corrected chi connectivity index (χ0v) is 10.8. The molecule has 100 valence electrons. The quantitative estimate of drug-likeness (QED) is 0.639. The van der Waals surface area contributed by atoms with E-state index >= 15 is 0 Å². The number of halogens is 3. The third kappa shape index (κ3) is 2.55. The summed E-state index contributed by atoms with van der Waals surface area (Å²) in [5.74, 6) is 0.414. The molecule has 1 aromatic carbocycles. The van der Waals surface area contributed by atoms with Gasteiger partial charge in [-0.2, -0.15) is 13.2 Å². The van der Waals surface area contributed by atoms with Gasteiger partial charge in [0.05, 0.1) is 5.56 Å². The van der Waals surface area contributed by atoms with Crippen LogP contribution < -0.4 is 0 Å². The Balaban J connectivity index is 2.48. The molecule has 1 aliphatic carbocycles. The standard InChI is InChI=1S/C15H19F3/c1-10-6-3-4-8-12(10)14-11(2)7-5-9-13(14)15(16,17)18/h5,7,9-10,12H,3-4,6,8H2,1-2H3. The summed E-state index contributed by atoms with van der Waals surface area (Å²) >= 11 is 0. The molecule has 0 saturated heterocycles. The Morgan fingerprint density at radius 1 is 1.11 bits per heavy atom. The maximum absolute atomic E-state index is 13.1. The van der Waals surface area contributed by atoms with Crippen molar-refractivity contribution in [2.24, 2.45) is 5.92 Å². The van der Waals surface area contributed by atoms with Gasteiger partial charge in [0, 0.05) is 0 Å². The third-order valence-corrected chi connectivity index (χ3v) is 4.11. The second-order valence-electron chi connectivity index (χ2n) is 5.40. The molecule has 1 fully saturated rings. The fourth-order valence-electron chi connectivity index (χ4n) is 3.17. The van der Waals surface area contributed by atoms with E-state index in [1.54, 1.807) is 13.0 Å². The summed E-state index contributed by atoms with van der Waals surface area (Å²) in [6, 6.07) is 4.53. The minimum atomic E-state index is -4.24. The van der Waals surface area contributed by atoms with E-state index in [2.05, 4.69) is 6.92 Å². The van der Waals surface area contributed by atoms with Crippen LogP contribution in [0.1, 0.15) is 55.2 Å². The number of aryl methyl sites for hydroxylation is 1. The molecule has 0 spiro atoms. The van der Waals surface area contributed by atoms with Gasteiger partial charge < -0.3 is 0 Å². The Kier molecular flexibility index (Phi) is 3.69. The fourth-order valence-corrected chi connectivity index (χ4v) is 3.17. The first kappa shape index (κ1) is 13.4. The highest BCUT2D eigenvalue weighted by Gasteiger charge is 2.37. The summed E-state index contributed by atoms with van der Waals surface area (Å²) in [5, 5.41) is 0. The summed E-state index contributed by atoms with van der Waals surface area (Å²) in [6.07, 6.45) is -0.130. The first-order valence-corrected chi connectivity index (χ1v) is 6.58. The minimum Gasteiger partial charge on any atom is -0.166 e. The maximum atomic E-state index is 13.1. The monoisotopic (exact) mass is 256 g/mol. The summed E-state index contributed by atoms with van der Waals surface area (Å²) < 4.78 is 39.3. The van der Waals surface area contributed by atoms with Gasteiger partial charge in [-0.3, -0.25) is 0 Å². The van der Waals surface area contributed by atoms with Crippen LogP contribution in [0.5, 0.6) is 0 Å². The van der Waals surface area contributed by atoms with Crippen molar-refractivity contribution in [2.45, 2.75) is 51.6 Å². The number of rotatable bonds is 1.